The SMILES string of the molecule is COC(=O)C1=C(C(=O)OC)N(c2ccc(C(C)C)cc2Br)COC1. The van der Waals surface area contributed by atoms with Crippen LogP contribution in [0.25, 0.3) is 0 Å². The van der Waals surface area contributed by atoms with Crippen molar-refractivity contribution in [2.75, 3.05) is 32.5 Å². The maximum atomic E-state index is 12.3. The number of nitrogens with zero attached hydrogens (tertiary/aromatic N) is 1. The highest BCUT2D eigenvalue weighted by atomic mass is 79.9. The number of rotatable bonds is 4. The molecule has 0 aromatic heterocycles. The Morgan fingerprint density at radius 2 is 1.88 bits per heavy atom. The number of anilines is 1. The number of esters is 2. The number of carbonyl (C=O) groups is 2. The van der Waals surface area contributed by atoms with Gasteiger partial charge in [0, 0.05) is 4.47 Å². The minimum absolute atomic E-state index is 0.00466. The van der Waals surface area contributed by atoms with E-state index in [1.807, 2.05) is 18.2 Å². The molecule has 0 N–H and O–H groups in total. The maximum absolute atomic E-state index is 12.3. The van der Waals surface area contributed by atoms with Gasteiger partial charge >= 0.3 is 11.9 Å². The molecule has 0 bridgehead atoms. The summed E-state index contributed by atoms with van der Waals surface area (Å²) in [7, 11) is 2.53. The average molecular weight is 398 g/mol. The van der Waals surface area contributed by atoms with Gasteiger partial charge in [-0.05, 0) is 39.5 Å². The van der Waals surface area contributed by atoms with Crippen molar-refractivity contribution < 1.29 is 23.8 Å². The predicted molar refractivity (Wildman–Crippen MR) is 92.6 cm³/mol. The highest BCUT2D eigenvalue weighted by molar-refractivity contribution is 9.10. The van der Waals surface area contributed by atoms with Gasteiger partial charge in [0.15, 0.2) is 0 Å². The molecule has 1 heterocycles. The number of ether oxygens (including phenoxy) is 3. The van der Waals surface area contributed by atoms with Crippen LogP contribution in [-0.4, -0.2) is 39.5 Å². The van der Waals surface area contributed by atoms with E-state index in [1.54, 1.807) is 4.90 Å². The highest BCUT2D eigenvalue weighted by Gasteiger charge is 2.33. The largest absolute Gasteiger partial charge is 0.466 e. The summed E-state index contributed by atoms with van der Waals surface area (Å²) in [5.74, 6) is -0.859. The molecule has 0 amide bonds. The molecule has 7 heteroatoms. The van der Waals surface area contributed by atoms with Crippen LogP contribution in [0.2, 0.25) is 0 Å². The number of methoxy groups -OCH3 is 2. The second-order valence-electron chi connectivity index (χ2n) is 5.58. The molecule has 0 unspecified atom stereocenters. The molecule has 0 aliphatic carbocycles. The van der Waals surface area contributed by atoms with Gasteiger partial charge in [0.05, 0.1) is 32.1 Å². The predicted octanol–water partition coefficient (Wildman–Crippen LogP) is 2.97. The molecule has 130 valence electrons. The van der Waals surface area contributed by atoms with Crippen LogP contribution in [0.5, 0.6) is 0 Å². The van der Waals surface area contributed by atoms with E-state index in [4.69, 9.17) is 14.2 Å². The van der Waals surface area contributed by atoms with Gasteiger partial charge in [-0.1, -0.05) is 19.9 Å². The van der Waals surface area contributed by atoms with Gasteiger partial charge in [0.25, 0.3) is 0 Å². The van der Waals surface area contributed by atoms with Crippen LogP contribution in [0.15, 0.2) is 33.9 Å². The van der Waals surface area contributed by atoms with Crippen LogP contribution >= 0.6 is 15.9 Å². The molecule has 0 saturated heterocycles. The fourth-order valence-electron chi connectivity index (χ4n) is 2.43. The fourth-order valence-corrected chi connectivity index (χ4v) is 3.05. The van der Waals surface area contributed by atoms with Crippen molar-refractivity contribution in [3.63, 3.8) is 0 Å². The van der Waals surface area contributed by atoms with Crippen molar-refractivity contribution in [3.05, 3.63) is 39.5 Å². The first-order valence-electron chi connectivity index (χ1n) is 7.45. The molecule has 1 aliphatic heterocycles. The summed E-state index contributed by atoms with van der Waals surface area (Å²) in [6.45, 7) is 4.32. The summed E-state index contributed by atoms with van der Waals surface area (Å²) in [6, 6.07) is 5.85. The molecular weight excluding hydrogens is 378 g/mol. The smallest absolute Gasteiger partial charge is 0.355 e. The Hall–Kier alpha value is -1.86. The van der Waals surface area contributed by atoms with E-state index in [1.165, 1.54) is 14.2 Å². The second-order valence-corrected chi connectivity index (χ2v) is 6.44. The molecule has 0 fully saturated rings. The van der Waals surface area contributed by atoms with Gasteiger partial charge in [-0.25, -0.2) is 9.59 Å². The quantitative estimate of drug-likeness (QED) is 0.727. The topological polar surface area (TPSA) is 65.1 Å². The Bertz CT molecular complexity index is 684. The summed E-state index contributed by atoms with van der Waals surface area (Å²) in [5.41, 5.74) is 2.13. The summed E-state index contributed by atoms with van der Waals surface area (Å²) < 4.78 is 15.9. The van der Waals surface area contributed by atoms with Gasteiger partial charge in [-0.3, -0.25) is 0 Å². The average Bonchev–Trinajstić information content (AvgIpc) is 2.59. The van der Waals surface area contributed by atoms with Gasteiger partial charge in [-0.2, -0.15) is 0 Å². The van der Waals surface area contributed by atoms with E-state index in [0.29, 0.717) is 11.6 Å². The standard InChI is InChI=1S/C17H20BrNO5/c1-10(2)11-5-6-14(13(18)7-11)19-9-24-8-12(16(20)22-3)15(19)17(21)23-4/h5-7,10H,8-9H2,1-4H3. The van der Waals surface area contributed by atoms with Crippen molar-refractivity contribution >= 4 is 33.6 Å². The van der Waals surface area contributed by atoms with Gasteiger partial charge in [-0.15, -0.1) is 0 Å². The van der Waals surface area contributed by atoms with Crippen molar-refractivity contribution in [1.82, 2.24) is 0 Å². The van der Waals surface area contributed by atoms with Crippen LogP contribution in [0.1, 0.15) is 25.3 Å². The van der Waals surface area contributed by atoms with Gasteiger partial charge in [0.2, 0.25) is 0 Å². The lowest BCUT2D eigenvalue weighted by Gasteiger charge is -2.32. The first kappa shape index (κ1) is 18.5. The molecule has 6 nitrogen and oxygen atoms in total. The third-order valence-electron chi connectivity index (χ3n) is 3.76. The molecule has 1 aromatic rings. The molecule has 0 saturated carbocycles. The first-order valence-corrected chi connectivity index (χ1v) is 8.24. The zero-order chi connectivity index (χ0) is 17.9. The lowest BCUT2D eigenvalue weighted by Crippen LogP contribution is -2.39. The van der Waals surface area contributed by atoms with E-state index in [0.717, 1.165) is 10.0 Å². The molecule has 0 radical (unpaired) electrons. The van der Waals surface area contributed by atoms with Crippen molar-refractivity contribution in [3.8, 4) is 0 Å². The fraction of sp³-hybridized carbons (Fsp3) is 0.412. The Labute approximate surface area is 149 Å². The molecule has 1 aliphatic rings. The lowest BCUT2D eigenvalue weighted by atomic mass is 10.0. The molecule has 2 rings (SSSR count). The van der Waals surface area contributed by atoms with Gasteiger partial charge < -0.3 is 19.1 Å². The number of benzene rings is 1. The van der Waals surface area contributed by atoms with Crippen LogP contribution < -0.4 is 4.90 Å². The van der Waals surface area contributed by atoms with E-state index >= 15 is 0 Å². The third kappa shape index (κ3) is 3.62. The Balaban J connectivity index is 2.55. The van der Waals surface area contributed by atoms with E-state index in [9.17, 15) is 9.59 Å². The monoisotopic (exact) mass is 397 g/mol. The Morgan fingerprint density at radius 1 is 1.21 bits per heavy atom. The van der Waals surface area contributed by atoms with E-state index in [-0.39, 0.29) is 24.6 Å². The molecular formula is C17H20BrNO5. The van der Waals surface area contributed by atoms with Crippen LogP contribution in [-0.2, 0) is 23.8 Å². The van der Waals surface area contributed by atoms with E-state index in [2.05, 4.69) is 29.8 Å². The normalized spacial score (nSPS) is 14.8. The summed E-state index contributed by atoms with van der Waals surface area (Å²) in [5, 5.41) is 0. The number of hydrogen-bond acceptors (Lipinski definition) is 6. The van der Waals surface area contributed by atoms with Crippen LogP contribution in [0.4, 0.5) is 5.69 Å². The number of halogens is 1. The molecule has 1 aromatic carbocycles. The van der Waals surface area contributed by atoms with Crippen molar-refractivity contribution in [1.29, 1.82) is 0 Å². The summed E-state index contributed by atoms with van der Waals surface area (Å²) >= 11 is 3.54. The van der Waals surface area contributed by atoms with Crippen LogP contribution in [0, 0.1) is 0 Å². The minimum Gasteiger partial charge on any atom is -0.466 e. The second kappa shape index (κ2) is 7.81. The zero-order valence-corrected chi connectivity index (χ0v) is 15.7. The lowest BCUT2D eigenvalue weighted by molar-refractivity contribution is -0.140. The summed E-state index contributed by atoms with van der Waals surface area (Å²) in [6.07, 6.45) is 0. The maximum Gasteiger partial charge on any atom is 0.355 e. The molecule has 0 atom stereocenters. The molecule has 24 heavy (non-hydrogen) atoms. The minimum atomic E-state index is -0.616. The Morgan fingerprint density at radius 3 is 2.42 bits per heavy atom. The van der Waals surface area contributed by atoms with E-state index < -0.39 is 11.9 Å². The Kier molecular flexibility index (Phi) is 6.01. The zero-order valence-electron chi connectivity index (χ0n) is 14.1. The summed E-state index contributed by atoms with van der Waals surface area (Å²) in [4.78, 5) is 25.9. The van der Waals surface area contributed by atoms with Gasteiger partial charge in [0.1, 0.15) is 12.4 Å². The first-order chi connectivity index (χ1) is 11.4. The number of carbonyl (C=O) groups excluding carboxylic acids is 2. The number of hydrogen-bond donors (Lipinski definition) is 0. The van der Waals surface area contributed by atoms with Crippen LogP contribution in [0.3, 0.4) is 0 Å². The third-order valence-corrected chi connectivity index (χ3v) is 4.40. The highest BCUT2D eigenvalue weighted by Crippen LogP contribution is 2.34. The van der Waals surface area contributed by atoms with Crippen molar-refractivity contribution in [2.24, 2.45) is 0 Å². The van der Waals surface area contributed by atoms with Crippen molar-refractivity contribution in [2.45, 2.75) is 19.8 Å². The molecule has 0 spiro atoms.